The van der Waals surface area contributed by atoms with Crippen LogP contribution in [0.25, 0.3) is 0 Å². The van der Waals surface area contributed by atoms with Gasteiger partial charge in [0.15, 0.2) is 0 Å². The second-order valence-electron chi connectivity index (χ2n) is 1.56. The Kier molecular flexibility index (Phi) is 1.56. The zero-order valence-electron chi connectivity index (χ0n) is 4.29. The first-order chi connectivity index (χ1) is 3.80. The molecule has 3 heteroatoms. The fourth-order valence-corrected chi connectivity index (χ4v) is 0.622. The van der Waals surface area contributed by atoms with Crippen molar-refractivity contribution in [3.63, 3.8) is 0 Å². The molecule has 1 rings (SSSR count). The van der Waals surface area contributed by atoms with Crippen LogP contribution >= 0.6 is 11.8 Å². The van der Waals surface area contributed by atoms with Crippen LogP contribution in [-0.4, -0.2) is 10.6 Å². The Labute approximate surface area is 53.3 Å². The van der Waals surface area contributed by atoms with E-state index < -0.39 is 0 Å². The summed E-state index contributed by atoms with van der Waals surface area (Å²) in [5, 5.41) is 0. The van der Waals surface area contributed by atoms with Crippen molar-refractivity contribution in [2.45, 2.75) is 6.17 Å². The molecule has 0 aromatic carbocycles. The van der Waals surface area contributed by atoms with E-state index in [1.165, 1.54) is 4.42 Å². The average molecular weight is 131 g/mol. The standard InChI is InChI=1S/C5H7ClN2/c6-8-4-2-1-3-5(8)7/h1-5H,7H2/t5-/m0/s1. The summed E-state index contributed by atoms with van der Waals surface area (Å²) < 4.78 is 1.42. The Morgan fingerprint density at radius 3 is 2.62 bits per heavy atom. The molecule has 0 amide bonds. The Morgan fingerprint density at radius 1 is 1.50 bits per heavy atom. The lowest BCUT2D eigenvalue weighted by Gasteiger charge is -2.17. The summed E-state index contributed by atoms with van der Waals surface area (Å²) in [4.78, 5) is 0. The van der Waals surface area contributed by atoms with Gasteiger partial charge < -0.3 is 5.73 Å². The first-order valence-electron chi connectivity index (χ1n) is 2.35. The number of nitrogens with two attached hydrogens (primary N) is 1. The van der Waals surface area contributed by atoms with Gasteiger partial charge in [-0.2, -0.15) is 0 Å². The van der Waals surface area contributed by atoms with Crippen LogP contribution in [0.5, 0.6) is 0 Å². The Morgan fingerprint density at radius 2 is 2.25 bits per heavy atom. The molecule has 44 valence electrons. The zero-order valence-corrected chi connectivity index (χ0v) is 5.05. The maximum absolute atomic E-state index is 5.54. The van der Waals surface area contributed by atoms with Gasteiger partial charge in [-0.05, 0) is 12.2 Å². The number of halogens is 1. The minimum atomic E-state index is -0.165. The number of hydrogen-bond donors (Lipinski definition) is 1. The zero-order chi connectivity index (χ0) is 5.98. The summed E-state index contributed by atoms with van der Waals surface area (Å²) in [5.74, 6) is 0. The first kappa shape index (κ1) is 5.66. The molecule has 0 aromatic heterocycles. The Balaban J connectivity index is 2.59. The molecule has 0 aliphatic carbocycles. The van der Waals surface area contributed by atoms with Crippen LogP contribution in [0.4, 0.5) is 0 Å². The van der Waals surface area contributed by atoms with Gasteiger partial charge in [-0.25, -0.2) is 0 Å². The predicted octanol–water partition coefficient (Wildman–Crippen LogP) is 0.811. The van der Waals surface area contributed by atoms with E-state index >= 15 is 0 Å². The number of nitrogens with zero attached hydrogens (tertiary/aromatic N) is 1. The van der Waals surface area contributed by atoms with E-state index in [9.17, 15) is 0 Å². The number of hydrogen-bond acceptors (Lipinski definition) is 2. The summed E-state index contributed by atoms with van der Waals surface area (Å²) in [6, 6.07) is 0. The molecule has 2 N–H and O–H groups in total. The van der Waals surface area contributed by atoms with Gasteiger partial charge >= 0.3 is 0 Å². The largest absolute Gasteiger partial charge is 0.307 e. The van der Waals surface area contributed by atoms with E-state index in [2.05, 4.69) is 0 Å². The third-order valence-electron chi connectivity index (χ3n) is 0.933. The molecule has 0 saturated carbocycles. The second kappa shape index (κ2) is 2.20. The predicted molar refractivity (Wildman–Crippen MR) is 33.9 cm³/mol. The lowest BCUT2D eigenvalue weighted by Crippen LogP contribution is -2.30. The summed E-state index contributed by atoms with van der Waals surface area (Å²) >= 11 is 5.54. The lowest BCUT2D eigenvalue weighted by atomic mass is 10.3. The molecule has 0 unspecified atom stereocenters. The molecule has 0 radical (unpaired) electrons. The second-order valence-corrected chi connectivity index (χ2v) is 1.95. The van der Waals surface area contributed by atoms with Crippen LogP contribution in [0.3, 0.4) is 0 Å². The molecule has 1 aliphatic heterocycles. The molecule has 0 fully saturated rings. The molecular weight excluding hydrogens is 124 g/mol. The fourth-order valence-electron chi connectivity index (χ4n) is 0.492. The van der Waals surface area contributed by atoms with Gasteiger partial charge in [-0.3, -0.25) is 4.42 Å². The smallest absolute Gasteiger partial charge is 0.111 e. The highest BCUT2D eigenvalue weighted by atomic mass is 35.5. The normalized spacial score (nSPS) is 26.8. The summed E-state index contributed by atoms with van der Waals surface area (Å²) in [6.07, 6.45) is 7.06. The van der Waals surface area contributed by atoms with E-state index in [4.69, 9.17) is 17.5 Å². The van der Waals surface area contributed by atoms with Crippen molar-refractivity contribution in [3.8, 4) is 0 Å². The molecule has 0 aromatic rings. The molecular formula is C5H7ClN2. The highest BCUT2D eigenvalue weighted by Crippen LogP contribution is 2.04. The average Bonchev–Trinajstić information content (AvgIpc) is 1.77. The molecule has 1 heterocycles. The molecule has 0 bridgehead atoms. The molecule has 2 nitrogen and oxygen atoms in total. The third kappa shape index (κ3) is 1.02. The quantitative estimate of drug-likeness (QED) is 0.492. The van der Waals surface area contributed by atoms with Gasteiger partial charge in [0.2, 0.25) is 0 Å². The molecule has 0 saturated heterocycles. The van der Waals surface area contributed by atoms with Crippen LogP contribution in [0.2, 0.25) is 0 Å². The monoisotopic (exact) mass is 130 g/mol. The van der Waals surface area contributed by atoms with Crippen LogP contribution in [0.1, 0.15) is 0 Å². The minimum absolute atomic E-state index is 0.165. The van der Waals surface area contributed by atoms with Crippen LogP contribution in [0, 0.1) is 0 Å². The minimum Gasteiger partial charge on any atom is -0.307 e. The number of rotatable bonds is 0. The third-order valence-corrected chi connectivity index (χ3v) is 1.27. The van der Waals surface area contributed by atoms with E-state index in [1.54, 1.807) is 6.20 Å². The topological polar surface area (TPSA) is 29.3 Å². The SMILES string of the molecule is N[C@@H]1C=CC=CN1Cl. The van der Waals surface area contributed by atoms with Gasteiger partial charge in [-0.15, -0.1) is 0 Å². The summed E-state index contributed by atoms with van der Waals surface area (Å²) in [7, 11) is 0. The van der Waals surface area contributed by atoms with E-state index in [0.29, 0.717) is 0 Å². The number of allylic oxidation sites excluding steroid dienone is 2. The first-order valence-corrected chi connectivity index (χ1v) is 2.69. The van der Waals surface area contributed by atoms with Gasteiger partial charge in [0.25, 0.3) is 0 Å². The van der Waals surface area contributed by atoms with Gasteiger partial charge in [0, 0.05) is 18.0 Å². The Hall–Kier alpha value is -0.470. The van der Waals surface area contributed by atoms with Gasteiger partial charge in [-0.1, -0.05) is 6.08 Å². The van der Waals surface area contributed by atoms with Gasteiger partial charge in [0.1, 0.15) is 6.17 Å². The van der Waals surface area contributed by atoms with Crippen molar-refractivity contribution in [3.05, 3.63) is 24.4 Å². The highest BCUT2D eigenvalue weighted by Gasteiger charge is 2.03. The lowest BCUT2D eigenvalue weighted by molar-refractivity contribution is 0.512. The van der Waals surface area contributed by atoms with E-state index in [1.807, 2.05) is 18.2 Å². The summed E-state index contributed by atoms with van der Waals surface area (Å²) in [5.41, 5.74) is 5.43. The van der Waals surface area contributed by atoms with E-state index in [-0.39, 0.29) is 6.17 Å². The molecule has 8 heavy (non-hydrogen) atoms. The van der Waals surface area contributed by atoms with Crippen LogP contribution < -0.4 is 5.73 Å². The molecule has 1 aliphatic rings. The molecule has 1 atom stereocenters. The van der Waals surface area contributed by atoms with Crippen molar-refractivity contribution < 1.29 is 0 Å². The fraction of sp³-hybridized carbons (Fsp3) is 0.200. The molecule has 0 spiro atoms. The van der Waals surface area contributed by atoms with Crippen LogP contribution in [0.15, 0.2) is 24.4 Å². The maximum atomic E-state index is 5.54. The highest BCUT2D eigenvalue weighted by molar-refractivity contribution is 6.14. The maximum Gasteiger partial charge on any atom is 0.111 e. The van der Waals surface area contributed by atoms with Gasteiger partial charge in [0.05, 0.1) is 0 Å². The Bertz CT molecular complexity index is 114. The van der Waals surface area contributed by atoms with Crippen molar-refractivity contribution in [2.75, 3.05) is 0 Å². The van der Waals surface area contributed by atoms with Crippen LogP contribution in [-0.2, 0) is 0 Å². The van der Waals surface area contributed by atoms with E-state index in [0.717, 1.165) is 0 Å². The van der Waals surface area contributed by atoms with Crippen molar-refractivity contribution in [1.29, 1.82) is 0 Å². The van der Waals surface area contributed by atoms with Crippen molar-refractivity contribution in [1.82, 2.24) is 4.42 Å². The van der Waals surface area contributed by atoms with Crippen molar-refractivity contribution >= 4 is 11.8 Å². The summed E-state index contributed by atoms with van der Waals surface area (Å²) in [6.45, 7) is 0. The van der Waals surface area contributed by atoms with Crippen molar-refractivity contribution in [2.24, 2.45) is 5.73 Å².